The van der Waals surface area contributed by atoms with E-state index in [0.29, 0.717) is 36.1 Å². The van der Waals surface area contributed by atoms with Gasteiger partial charge in [0.2, 0.25) is 0 Å². The average molecular weight is 293 g/mol. The first kappa shape index (κ1) is 16.0. The molecule has 21 heavy (non-hydrogen) atoms. The lowest BCUT2D eigenvalue weighted by atomic mass is 9.80. The molecular formula is C16H27N3O2. The van der Waals surface area contributed by atoms with Crippen LogP contribution in [-0.4, -0.2) is 27.6 Å². The number of carbonyl (C=O) groups excluding carboxylic acids is 1. The van der Waals surface area contributed by atoms with E-state index in [1.165, 1.54) is 6.42 Å². The minimum absolute atomic E-state index is 0.323. The summed E-state index contributed by atoms with van der Waals surface area (Å²) < 4.78 is 7.19. The zero-order valence-electron chi connectivity index (χ0n) is 13.8. The van der Waals surface area contributed by atoms with E-state index in [1.807, 2.05) is 25.5 Å². The Labute approximate surface area is 127 Å². The number of hydrogen-bond donors (Lipinski definition) is 0. The van der Waals surface area contributed by atoms with Crippen LogP contribution >= 0.6 is 0 Å². The number of hydrogen-bond acceptors (Lipinski definition) is 4. The van der Waals surface area contributed by atoms with Crippen LogP contribution < -0.4 is 0 Å². The zero-order valence-corrected chi connectivity index (χ0v) is 13.8. The highest BCUT2D eigenvalue weighted by atomic mass is 16.5. The molecule has 2 rings (SSSR count). The largest absolute Gasteiger partial charge is 0.461 e. The second-order valence-corrected chi connectivity index (χ2v) is 7.03. The van der Waals surface area contributed by atoms with E-state index in [4.69, 9.17) is 4.74 Å². The van der Waals surface area contributed by atoms with Gasteiger partial charge in [0.15, 0.2) is 5.69 Å². The van der Waals surface area contributed by atoms with Gasteiger partial charge < -0.3 is 4.74 Å². The molecule has 2 atom stereocenters. The summed E-state index contributed by atoms with van der Waals surface area (Å²) in [7, 11) is 0. The first-order chi connectivity index (χ1) is 9.88. The number of ether oxygens (including phenoxy) is 1. The van der Waals surface area contributed by atoms with Gasteiger partial charge in [0, 0.05) is 0 Å². The molecule has 2 unspecified atom stereocenters. The summed E-state index contributed by atoms with van der Waals surface area (Å²) in [6.45, 7) is 10.9. The Morgan fingerprint density at radius 1 is 1.29 bits per heavy atom. The Balaban J connectivity index is 2.11. The third kappa shape index (κ3) is 3.83. The lowest BCUT2D eigenvalue weighted by Crippen LogP contribution is -2.24. The van der Waals surface area contributed by atoms with E-state index in [0.717, 1.165) is 18.5 Å². The quantitative estimate of drug-likeness (QED) is 0.798. The number of aromatic nitrogens is 3. The summed E-state index contributed by atoms with van der Waals surface area (Å²) >= 11 is 0. The standard InChI is InChI=1S/C16H27N3O2/c1-10(2)9-21-16(20)15-13(5)19(18-17-15)14-7-11(3)6-12(4)8-14/h10-12,14H,6-9H2,1-5H3. The van der Waals surface area contributed by atoms with Crippen LogP contribution in [0.5, 0.6) is 0 Å². The van der Waals surface area contributed by atoms with Crippen LogP contribution in [-0.2, 0) is 4.74 Å². The molecule has 0 bridgehead atoms. The monoisotopic (exact) mass is 293 g/mol. The Morgan fingerprint density at radius 2 is 1.90 bits per heavy atom. The van der Waals surface area contributed by atoms with Gasteiger partial charge in [0.05, 0.1) is 18.3 Å². The Morgan fingerprint density at radius 3 is 2.48 bits per heavy atom. The second-order valence-electron chi connectivity index (χ2n) is 7.03. The molecule has 1 aromatic heterocycles. The first-order valence-corrected chi connectivity index (χ1v) is 7.97. The van der Waals surface area contributed by atoms with Gasteiger partial charge in [-0.3, -0.25) is 0 Å². The summed E-state index contributed by atoms with van der Waals surface area (Å²) in [5, 5.41) is 8.28. The van der Waals surface area contributed by atoms with Crippen LogP contribution in [0.25, 0.3) is 0 Å². The predicted molar refractivity (Wildman–Crippen MR) is 81.1 cm³/mol. The fourth-order valence-electron chi connectivity index (χ4n) is 3.29. The minimum atomic E-state index is -0.357. The van der Waals surface area contributed by atoms with Gasteiger partial charge in [-0.2, -0.15) is 0 Å². The highest BCUT2D eigenvalue weighted by molar-refractivity contribution is 5.88. The van der Waals surface area contributed by atoms with Crippen molar-refractivity contribution in [1.82, 2.24) is 15.0 Å². The third-order valence-corrected chi connectivity index (χ3v) is 4.17. The highest BCUT2D eigenvalue weighted by Gasteiger charge is 2.29. The maximum atomic E-state index is 12.1. The van der Waals surface area contributed by atoms with Crippen LogP contribution in [0.4, 0.5) is 0 Å². The van der Waals surface area contributed by atoms with Crippen molar-refractivity contribution in [2.24, 2.45) is 17.8 Å². The molecule has 1 aromatic rings. The SMILES string of the molecule is Cc1c(C(=O)OCC(C)C)nnn1C1CC(C)CC(C)C1. The molecule has 1 aliphatic rings. The molecule has 0 N–H and O–H groups in total. The normalized spacial score (nSPS) is 26.1. The smallest absolute Gasteiger partial charge is 0.360 e. The van der Waals surface area contributed by atoms with Gasteiger partial charge in [0.1, 0.15) is 0 Å². The van der Waals surface area contributed by atoms with Crippen molar-refractivity contribution in [2.45, 2.75) is 59.9 Å². The van der Waals surface area contributed by atoms with E-state index in [1.54, 1.807) is 0 Å². The summed E-state index contributed by atoms with van der Waals surface area (Å²) in [5.74, 6) is 1.35. The fourth-order valence-corrected chi connectivity index (χ4v) is 3.29. The van der Waals surface area contributed by atoms with Gasteiger partial charge in [-0.25, -0.2) is 9.48 Å². The molecule has 0 radical (unpaired) electrons. The Hall–Kier alpha value is -1.39. The van der Waals surface area contributed by atoms with Crippen molar-refractivity contribution >= 4 is 5.97 Å². The Bertz CT molecular complexity index is 486. The summed E-state index contributed by atoms with van der Waals surface area (Å²) in [5.41, 5.74) is 1.19. The van der Waals surface area contributed by atoms with Crippen molar-refractivity contribution in [3.05, 3.63) is 11.4 Å². The van der Waals surface area contributed by atoms with Crippen molar-refractivity contribution < 1.29 is 9.53 Å². The third-order valence-electron chi connectivity index (χ3n) is 4.17. The second kappa shape index (κ2) is 6.58. The van der Waals surface area contributed by atoms with Gasteiger partial charge in [-0.15, -0.1) is 5.10 Å². The molecule has 0 aliphatic heterocycles. The van der Waals surface area contributed by atoms with Gasteiger partial charge in [0.25, 0.3) is 0 Å². The van der Waals surface area contributed by atoms with Gasteiger partial charge in [-0.05, 0) is 43.9 Å². The Kier molecular flexibility index (Phi) is 5.01. The van der Waals surface area contributed by atoms with Crippen molar-refractivity contribution in [3.8, 4) is 0 Å². The van der Waals surface area contributed by atoms with Crippen LogP contribution in [0.15, 0.2) is 0 Å². The molecule has 118 valence electrons. The molecule has 0 spiro atoms. The first-order valence-electron chi connectivity index (χ1n) is 7.97. The molecule has 1 fully saturated rings. The van der Waals surface area contributed by atoms with Gasteiger partial charge >= 0.3 is 5.97 Å². The van der Waals surface area contributed by atoms with E-state index >= 15 is 0 Å². The van der Waals surface area contributed by atoms with Crippen molar-refractivity contribution in [2.75, 3.05) is 6.61 Å². The molecule has 1 heterocycles. The van der Waals surface area contributed by atoms with E-state index in [-0.39, 0.29) is 5.97 Å². The van der Waals surface area contributed by atoms with E-state index < -0.39 is 0 Å². The highest BCUT2D eigenvalue weighted by Crippen LogP contribution is 2.36. The van der Waals surface area contributed by atoms with E-state index in [2.05, 4.69) is 24.2 Å². The minimum Gasteiger partial charge on any atom is -0.461 e. The molecule has 5 nitrogen and oxygen atoms in total. The molecule has 0 aromatic carbocycles. The molecule has 0 saturated heterocycles. The maximum Gasteiger partial charge on any atom is 0.360 e. The van der Waals surface area contributed by atoms with Gasteiger partial charge in [-0.1, -0.05) is 32.9 Å². The lowest BCUT2D eigenvalue weighted by molar-refractivity contribution is 0.0451. The molecule has 0 amide bonds. The van der Waals surface area contributed by atoms with Crippen LogP contribution in [0.2, 0.25) is 0 Å². The van der Waals surface area contributed by atoms with E-state index in [9.17, 15) is 4.79 Å². The molecule has 5 heteroatoms. The lowest BCUT2D eigenvalue weighted by Gasteiger charge is -2.31. The number of rotatable bonds is 4. The summed E-state index contributed by atoms with van der Waals surface area (Å²) in [6.07, 6.45) is 3.48. The topological polar surface area (TPSA) is 57.0 Å². The maximum absolute atomic E-state index is 12.1. The van der Waals surface area contributed by atoms with Crippen molar-refractivity contribution in [1.29, 1.82) is 0 Å². The zero-order chi connectivity index (χ0) is 15.6. The number of esters is 1. The molecule has 1 saturated carbocycles. The van der Waals surface area contributed by atoms with Crippen LogP contribution in [0.1, 0.15) is 69.2 Å². The van der Waals surface area contributed by atoms with Crippen LogP contribution in [0.3, 0.4) is 0 Å². The fraction of sp³-hybridized carbons (Fsp3) is 0.812. The summed E-state index contributed by atoms with van der Waals surface area (Å²) in [6, 6.07) is 0.350. The summed E-state index contributed by atoms with van der Waals surface area (Å²) in [4.78, 5) is 12.1. The van der Waals surface area contributed by atoms with Crippen molar-refractivity contribution in [3.63, 3.8) is 0 Å². The molecular weight excluding hydrogens is 266 g/mol. The number of carbonyl (C=O) groups is 1. The van der Waals surface area contributed by atoms with Crippen LogP contribution in [0, 0.1) is 24.7 Å². The predicted octanol–water partition coefficient (Wildman–Crippen LogP) is 3.40. The average Bonchev–Trinajstić information content (AvgIpc) is 2.76. The number of nitrogens with zero attached hydrogens (tertiary/aromatic N) is 3. The molecule has 1 aliphatic carbocycles.